The van der Waals surface area contributed by atoms with Crippen molar-refractivity contribution in [3.63, 3.8) is 0 Å². The molecule has 32 heavy (non-hydrogen) atoms. The molecule has 0 saturated heterocycles. The Kier molecular flexibility index (Phi) is 7.43. The molecule has 7 heteroatoms. The summed E-state index contributed by atoms with van der Waals surface area (Å²) in [5.41, 5.74) is 3.16. The quantitative estimate of drug-likeness (QED) is 0.404. The first-order valence-corrected chi connectivity index (χ1v) is 9.50. The number of carbonyl (C=O) groups excluding carboxylic acids is 1. The van der Waals surface area contributed by atoms with Gasteiger partial charge >= 0.3 is 35.5 Å². The summed E-state index contributed by atoms with van der Waals surface area (Å²) >= 11 is 0. The Morgan fingerprint density at radius 3 is 2.22 bits per heavy atom. The number of nitrogens with zero attached hydrogens (tertiary/aromatic N) is 1. The summed E-state index contributed by atoms with van der Waals surface area (Å²) < 4.78 is 0. The zero-order valence-electron chi connectivity index (χ0n) is 16.3. The van der Waals surface area contributed by atoms with E-state index in [0.29, 0.717) is 16.7 Å². The topological polar surface area (TPSA) is 99.5 Å². The van der Waals surface area contributed by atoms with Gasteiger partial charge in [0.25, 0.3) is 5.91 Å². The van der Waals surface area contributed by atoms with Gasteiger partial charge in [-0.2, -0.15) is 0 Å². The minimum absolute atomic E-state index is 0. The number of rotatable bonds is 5. The van der Waals surface area contributed by atoms with E-state index >= 15 is 0 Å². The van der Waals surface area contributed by atoms with Gasteiger partial charge in [-0.3, -0.25) is 9.78 Å². The molecular weight excluding hydrogens is 415 g/mol. The molecule has 1 amide bonds. The van der Waals surface area contributed by atoms with Gasteiger partial charge in [0, 0.05) is 23.5 Å². The van der Waals surface area contributed by atoms with Crippen LogP contribution < -0.4 is 5.32 Å². The van der Waals surface area contributed by atoms with Crippen LogP contribution >= 0.6 is 0 Å². The number of amides is 1. The number of phenolic OH excluding ortho intramolecular Hbond substituents is 1. The van der Waals surface area contributed by atoms with Crippen LogP contribution in [0.5, 0.6) is 5.75 Å². The normalized spacial score (nSPS) is 10.1. The van der Waals surface area contributed by atoms with Crippen LogP contribution in [-0.2, 0) is 0 Å². The predicted octanol–water partition coefficient (Wildman–Crippen LogP) is 4.42. The minimum atomic E-state index is -1.17. The first-order valence-electron chi connectivity index (χ1n) is 9.50. The fraction of sp³-hybridized carbons (Fsp3) is 0. The number of aromatic nitrogens is 1. The third-order valence-corrected chi connectivity index (χ3v) is 4.82. The monoisotopic (exact) mass is 434 g/mol. The molecule has 1 heterocycles. The molecule has 4 aromatic rings. The average molecular weight is 434 g/mol. The molecule has 0 aliphatic rings. The van der Waals surface area contributed by atoms with E-state index < -0.39 is 11.9 Å². The van der Waals surface area contributed by atoms with Crippen molar-refractivity contribution in [1.29, 1.82) is 0 Å². The van der Waals surface area contributed by atoms with E-state index in [4.69, 9.17) is 0 Å². The third-order valence-electron chi connectivity index (χ3n) is 4.82. The molecule has 6 nitrogen and oxygen atoms in total. The summed E-state index contributed by atoms with van der Waals surface area (Å²) in [5.74, 6) is -1.60. The third kappa shape index (κ3) is 5.06. The van der Waals surface area contributed by atoms with E-state index in [9.17, 15) is 19.8 Å². The number of phenols is 1. The van der Waals surface area contributed by atoms with E-state index in [1.165, 1.54) is 18.3 Å². The van der Waals surface area contributed by atoms with Crippen molar-refractivity contribution in [2.75, 3.05) is 5.32 Å². The molecular formula is C25H19N2NaO4. The van der Waals surface area contributed by atoms with Crippen molar-refractivity contribution < 1.29 is 19.8 Å². The number of para-hydroxylation sites is 1. The van der Waals surface area contributed by atoms with Crippen molar-refractivity contribution in [1.82, 2.24) is 4.98 Å². The Bertz CT molecular complexity index is 1280. The van der Waals surface area contributed by atoms with Gasteiger partial charge in [-0.05, 0) is 35.4 Å². The number of benzene rings is 3. The Morgan fingerprint density at radius 2 is 1.50 bits per heavy atom. The summed E-state index contributed by atoms with van der Waals surface area (Å²) in [5, 5.41) is 22.3. The summed E-state index contributed by atoms with van der Waals surface area (Å²) in [6, 6.07) is 22.5. The zero-order valence-corrected chi connectivity index (χ0v) is 16.3. The van der Waals surface area contributed by atoms with Gasteiger partial charge in [-0.1, -0.05) is 54.6 Å². The molecule has 0 saturated carbocycles. The molecule has 154 valence electrons. The fourth-order valence-electron chi connectivity index (χ4n) is 3.27. The molecule has 0 unspecified atom stereocenters. The number of pyridine rings is 1. The standard InChI is InChI=1S/C25H18N2O4.Na.H/c28-23-9-5-4-8-20(23)17-10-11-21(25(30)31)22(13-17)27-24(29)19-12-18(14-26-15-19)16-6-2-1-3-7-16;;/h1-15,28H,(H,27,29)(H,30,31);;. The summed E-state index contributed by atoms with van der Waals surface area (Å²) in [7, 11) is 0. The van der Waals surface area contributed by atoms with Crippen LogP contribution in [0.15, 0.2) is 91.3 Å². The van der Waals surface area contributed by atoms with Crippen LogP contribution in [0.1, 0.15) is 20.7 Å². The molecule has 0 spiro atoms. The Labute approximate surface area is 206 Å². The van der Waals surface area contributed by atoms with E-state index in [0.717, 1.165) is 11.1 Å². The van der Waals surface area contributed by atoms with Crippen LogP contribution in [-0.4, -0.2) is 56.6 Å². The molecule has 3 N–H and O–H groups in total. The number of carboxylic acid groups (broad SMARTS) is 1. The van der Waals surface area contributed by atoms with E-state index in [1.54, 1.807) is 42.6 Å². The number of hydrogen-bond donors (Lipinski definition) is 3. The van der Waals surface area contributed by atoms with Crippen molar-refractivity contribution in [3.05, 3.63) is 102 Å². The predicted molar refractivity (Wildman–Crippen MR) is 125 cm³/mol. The Hall–Kier alpha value is -3.45. The number of aromatic carboxylic acids is 1. The first-order chi connectivity index (χ1) is 15.0. The summed E-state index contributed by atoms with van der Waals surface area (Å²) in [6.45, 7) is 0. The van der Waals surface area contributed by atoms with Crippen LogP contribution in [0.3, 0.4) is 0 Å². The van der Waals surface area contributed by atoms with Gasteiger partial charge in [0.2, 0.25) is 0 Å². The van der Waals surface area contributed by atoms with Crippen LogP contribution in [0, 0.1) is 0 Å². The number of anilines is 1. The van der Waals surface area contributed by atoms with Gasteiger partial charge in [0.05, 0.1) is 16.8 Å². The maximum atomic E-state index is 12.9. The molecule has 0 fully saturated rings. The molecule has 0 bridgehead atoms. The molecule has 0 radical (unpaired) electrons. The molecule has 4 rings (SSSR count). The second-order valence-corrected chi connectivity index (χ2v) is 6.87. The van der Waals surface area contributed by atoms with Crippen LogP contribution in [0.2, 0.25) is 0 Å². The Morgan fingerprint density at radius 1 is 0.781 bits per heavy atom. The molecule has 3 aromatic carbocycles. The SMILES string of the molecule is O=C(Nc1cc(-c2ccccc2O)ccc1C(=O)O)c1cncc(-c2ccccc2)c1.[NaH]. The second-order valence-electron chi connectivity index (χ2n) is 6.87. The van der Waals surface area contributed by atoms with Crippen molar-refractivity contribution in [2.24, 2.45) is 0 Å². The zero-order chi connectivity index (χ0) is 21.8. The molecule has 0 aliphatic carbocycles. The van der Waals surface area contributed by atoms with Crippen molar-refractivity contribution in [2.45, 2.75) is 0 Å². The maximum absolute atomic E-state index is 12.9. The number of nitrogens with one attached hydrogen (secondary N) is 1. The van der Waals surface area contributed by atoms with E-state index in [2.05, 4.69) is 10.3 Å². The number of carbonyl (C=O) groups is 2. The average Bonchev–Trinajstić information content (AvgIpc) is 2.80. The van der Waals surface area contributed by atoms with Gasteiger partial charge in [0.1, 0.15) is 5.75 Å². The second kappa shape index (κ2) is 10.2. The van der Waals surface area contributed by atoms with Gasteiger partial charge in [-0.15, -0.1) is 0 Å². The summed E-state index contributed by atoms with van der Waals surface area (Å²) in [4.78, 5) is 28.7. The van der Waals surface area contributed by atoms with E-state index in [1.807, 2.05) is 30.3 Å². The summed E-state index contributed by atoms with van der Waals surface area (Å²) in [6.07, 6.45) is 3.09. The molecule has 0 aliphatic heterocycles. The molecule has 0 atom stereocenters. The van der Waals surface area contributed by atoms with Crippen molar-refractivity contribution in [3.8, 4) is 28.0 Å². The number of hydrogen-bond acceptors (Lipinski definition) is 4. The van der Waals surface area contributed by atoms with Crippen LogP contribution in [0.4, 0.5) is 5.69 Å². The molecule has 1 aromatic heterocycles. The van der Waals surface area contributed by atoms with Crippen LogP contribution in [0.25, 0.3) is 22.3 Å². The fourth-order valence-corrected chi connectivity index (χ4v) is 3.27. The van der Waals surface area contributed by atoms with E-state index in [-0.39, 0.29) is 46.6 Å². The Balaban J connectivity index is 0.00000289. The number of carboxylic acids is 1. The van der Waals surface area contributed by atoms with Gasteiger partial charge in [0.15, 0.2) is 0 Å². The van der Waals surface area contributed by atoms with Gasteiger partial charge in [-0.25, -0.2) is 4.79 Å². The number of aromatic hydroxyl groups is 1. The first kappa shape index (κ1) is 23.2. The van der Waals surface area contributed by atoms with Gasteiger partial charge < -0.3 is 15.5 Å². The van der Waals surface area contributed by atoms with Crippen molar-refractivity contribution >= 4 is 47.1 Å².